The molecular weight excluding hydrogens is 357 g/mol. The number of benzene rings is 2. The number of rotatable bonds is 5. The van der Waals surface area contributed by atoms with Crippen molar-refractivity contribution in [3.8, 4) is 16.9 Å². The van der Waals surface area contributed by atoms with Crippen LogP contribution in [-0.2, 0) is 4.74 Å². The SMILES string of the molecule is CC(=NC[C@@H]1CCCO1)c1c(-c2ccccc2)[nH]n(-c2ccc(F)cc2)c1=O. The quantitative estimate of drug-likeness (QED) is 0.682. The number of aromatic amines is 1. The average molecular weight is 379 g/mol. The third-order valence-electron chi connectivity index (χ3n) is 4.96. The van der Waals surface area contributed by atoms with E-state index in [-0.39, 0.29) is 17.5 Å². The van der Waals surface area contributed by atoms with Gasteiger partial charge in [0.05, 0.1) is 29.6 Å². The van der Waals surface area contributed by atoms with Gasteiger partial charge in [0.2, 0.25) is 0 Å². The van der Waals surface area contributed by atoms with Gasteiger partial charge in [0.15, 0.2) is 0 Å². The first-order valence-electron chi connectivity index (χ1n) is 9.43. The molecule has 1 N–H and O–H groups in total. The van der Waals surface area contributed by atoms with Crippen LogP contribution in [0.4, 0.5) is 4.39 Å². The maximum atomic E-state index is 13.3. The maximum absolute atomic E-state index is 13.3. The van der Waals surface area contributed by atoms with Gasteiger partial charge in [-0.2, -0.15) is 0 Å². The number of ether oxygens (including phenoxy) is 1. The van der Waals surface area contributed by atoms with Crippen LogP contribution in [0.5, 0.6) is 0 Å². The summed E-state index contributed by atoms with van der Waals surface area (Å²) in [4.78, 5) is 17.9. The summed E-state index contributed by atoms with van der Waals surface area (Å²) in [6, 6.07) is 15.5. The molecule has 1 atom stereocenters. The summed E-state index contributed by atoms with van der Waals surface area (Å²) < 4.78 is 20.4. The molecule has 1 aliphatic heterocycles. The minimum atomic E-state index is -0.346. The molecule has 0 radical (unpaired) electrons. The number of halogens is 1. The highest BCUT2D eigenvalue weighted by molar-refractivity contribution is 6.03. The van der Waals surface area contributed by atoms with Crippen LogP contribution in [0.3, 0.4) is 0 Å². The fraction of sp³-hybridized carbons (Fsp3) is 0.273. The molecule has 0 amide bonds. The summed E-state index contributed by atoms with van der Waals surface area (Å²) in [6.45, 7) is 3.16. The number of H-pyrrole nitrogens is 1. The Bertz CT molecular complexity index is 1030. The van der Waals surface area contributed by atoms with Crippen molar-refractivity contribution in [2.24, 2.45) is 4.99 Å². The standard InChI is InChI=1S/C22H22FN3O2/c1-15(24-14-19-8-5-13-28-19)20-21(16-6-3-2-4-7-16)25-26(22(20)27)18-11-9-17(23)10-12-18/h2-4,6-7,9-12,19,25H,5,8,13-14H2,1H3/t19-/m0/s1. The van der Waals surface area contributed by atoms with Crippen LogP contribution in [0.1, 0.15) is 25.3 Å². The Hall–Kier alpha value is -2.99. The van der Waals surface area contributed by atoms with E-state index in [2.05, 4.69) is 10.1 Å². The van der Waals surface area contributed by atoms with Crippen molar-refractivity contribution in [3.05, 3.63) is 76.3 Å². The van der Waals surface area contributed by atoms with Crippen LogP contribution in [0.25, 0.3) is 16.9 Å². The van der Waals surface area contributed by atoms with Gasteiger partial charge in [-0.25, -0.2) is 9.07 Å². The molecule has 28 heavy (non-hydrogen) atoms. The Morgan fingerprint density at radius 3 is 2.64 bits per heavy atom. The second-order valence-electron chi connectivity index (χ2n) is 6.91. The Balaban J connectivity index is 1.79. The molecule has 6 heteroatoms. The summed E-state index contributed by atoms with van der Waals surface area (Å²) >= 11 is 0. The van der Waals surface area contributed by atoms with E-state index in [1.165, 1.54) is 16.8 Å². The molecule has 2 heterocycles. The Morgan fingerprint density at radius 2 is 1.96 bits per heavy atom. The van der Waals surface area contributed by atoms with E-state index in [9.17, 15) is 9.18 Å². The molecule has 0 spiro atoms. The van der Waals surface area contributed by atoms with Crippen molar-refractivity contribution in [2.45, 2.75) is 25.9 Å². The number of hydrogen-bond acceptors (Lipinski definition) is 3. The highest BCUT2D eigenvalue weighted by atomic mass is 19.1. The average Bonchev–Trinajstić information content (AvgIpc) is 3.35. The van der Waals surface area contributed by atoms with Gasteiger partial charge in [0, 0.05) is 17.9 Å². The minimum Gasteiger partial charge on any atom is -0.376 e. The predicted octanol–water partition coefficient (Wildman–Crippen LogP) is 3.96. The highest BCUT2D eigenvalue weighted by Crippen LogP contribution is 2.22. The van der Waals surface area contributed by atoms with Crippen molar-refractivity contribution in [1.29, 1.82) is 0 Å². The Labute approximate surface area is 162 Å². The van der Waals surface area contributed by atoms with E-state index in [0.29, 0.717) is 29.2 Å². The van der Waals surface area contributed by atoms with Crippen LogP contribution < -0.4 is 5.56 Å². The summed E-state index contributed by atoms with van der Waals surface area (Å²) in [7, 11) is 0. The van der Waals surface area contributed by atoms with Gasteiger partial charge in [0.25, 0.3) is 5.56 Å². The molecule has 1 saturated heterocycles. The number of aromatic nitrogens is 2. The van der Waals surface area contributed by atoms with Crippen molar-refractivity contribution in [3.63, 3.8) is 0 Å². The molecule has 144 valence electrons. The molecule has 2 aromatic carbocycles. The molecule has 1 fully saturated rings. The topological polar surface area (TPSA) is 59.4 Å². The van der Waals surface area contributed by atoms with Crippen LogP contribution in [0.2, 0.25) is 0 Å². The van der Waals surface area contributed by atoms with Crippen molar-refractivity contribution in [2.75, 3.05) is 13.2 Å². The molecular formula is C22H22FN3O2. The van der Waals surface area contributed by atoms with E-state index in [4.69, 9.17) is 4.74 Å². The molecule has 0 bridgehead atoms. The van der Waals surface area contributed by atoms with Gasteiger partial charge < -0.3 is 4.74 Å². The van der Waals surface area contributed by atoms with Crippen molar-refractivity contribution >= 4 is 5.71 Å². The third-order valence-corrected chi connectivity index (χ3v) is 4.96. The summed E-state index contributed by atoms with van der Waals surface area (Å²) in [5.74, 6) is -0.346. The second-order valence-corrected chi connectivity index (χ2v) is 6.91. The lowest BCUT2D eigenvalue weighted by molar-refractivity contribution is 0.118. The van der Waals surface area contributed by atoms with Gasteiger partial charge in [-0.3, -0.25) is 14.9 Å². The van der Waals surface area contributed by atoms with E-state index >= 15 is 0 Å². The lowest BCUT2D eigenvalue weighted by Crippen LogP contribution is -2.20. The van der Waals surface area contributed by atoms with Crippen molar-refractivity contribution in [1.82, 2.24) is 9.78 Å². The monoisotopic (exact) mass is 379 g/mol. The largest absolute Gasteiger partial charge is 0.376 e. The van der Waals surface area contributed by atoms with Gasteiger partial charge in [-0.1, -0.05) is 30.3 Å². The van der Waals surface area contributed by atoms with Crippen LogP contribution in [-0.4, -0.2) is 34.7 Å². The zero-order chi connectivity index (χ0) is 19.5. The highest BCUT2D eigenvalue weighted by Gasteiger charge is 2.20. The molecule has 1 aromatic heterocycles. The van der Waals surface area contributed by atoms with E-state index in [1.807, 2.05) is 37.3 Å². The van der Waals surface area contributed by atoms with Crippen molar-refractivity contribution < 1.29 is 9.13 Å². The predicted molar refractivity (Wildman–Crippen MR) is 108 cm³/mol. The molecule has 0 saturated carbocycles. The van der Waals surface area contributed by atoms with Gasteiger partial charge in [-0.15, -0.1) is 0 Å². The fourth-order valence-electron chi connectivity index (χ4n) is 3.46. The maximum Gasteiger partial charge on any atom is 0.280 e. The lowest BCUT2D eigenvalue weighted by Gasteiger charge is -2.07. The zero-order valence-corrected chi connectivity index (χ0v) is 15.7. The van der Waals surface area contributed by atoms with Crippen LogP contribution in [0.15, 0.2) is 64.4 Å². The zero-order valence-electron chi connectivity index (χ0n) is 15.7. The number of nitrogens with zero attached hydrogens (tertiary/aromatic N) is 2. The first-order valence-corrected chi connectivity index (χ1v) is 9.43. The normalized spacial score (nSPS) is 17.2. The van der Waals surface area contributed by atoms with Gasteiger partial charge in [-0.05, 0) is 44.0 Å². The minimum absolute atomic E-state index is 0.119. The van der Waals surface area contributed by atoms with E-state index in [0.717, 1.165) is 25.0 Å². The number of hydrogen-bond donors (Lipinski definition) is 1. The summed E-state index contributed by atoms with van der Waals surface area (Å²) in [5, 5.41) is 3.18. The molecule has 1 aliphatic rings. The first-order chi connectivity index (χ1) is 13.6. The smallest absolute Gasteiger partial charge is 0.280 e. The summed E-state index contributed by atoms with van der Waals surface area (Å²) in [6.07, 6.45) is 2.17. The number of nitrogens with one attached hydrogen (secondary N) is 1. The van der Waals surface area contributed by atoms with Gasteiger partial charge in [0.1, 0.15) is 5.82 Å². The molecule has 0 unspecified atom stereocenters. The van der Waals surface area contributed by atoms with E-state index in [1.54, 1.807) is 12.1 Å². The van der Waals surface area contributed by atoms with Crippen LogP contribution in [0, 0.1) is 5.82 Å². The first kappa shape index (κ1) is 18.4. The Kier molecular flexibility index (Phi) is 5.21. The van der Waals surface area contributed by atoms with Crippen LogP contribution >= 0.6 is 0 Å². The Morgan fingerprint density at radius 1 is 1.21 bits per heavy atom. The fourth-order valence-corrected chi connectivity index (χ4v) is 3.46. The summed E-state index contributed by atoms with van der Waals surface area (Å²) in [5.41, 5.74) is 3.14. The van der Waals surface area contributed by atoms with E-state index < -0.39 is 0 Å². The third kappa shape index (κ3) is 3.68. The molecule has 0 aliphatic carbocycles. The van der Waals surface area contributed by atoms with Gasteiger partial charge >= 0.3 is 0 Å². The molecule has 4 rings (SSSR count). The molecule has 3 aromatic rings. The molecule has 5 nitrogen and oxygen atoms in total. The number of aliphatic imine (C=N–C) groups is 1. The second kappa shape index (κ2) is 7.94. The lowest BCUT2D eigenvalue weighted by atomic mass is 10.1.